The third-order valence-corrected chi connectivity index (χ3v) is 5.34. The monoisotopic (exact) mass is 398 g/mol. The standard InChI is InChI=1S/C21H23N3O3S/c1-25-18-9-3-15(4-10-18)13-23(17-7-8-17)14-24-21(28)27-20(22-24)16-5-11-19(26-2)12-6-16/h3-6,9-12,17H,7-8,13-14H2,1-2H3/p+1. The lowest BCUT2D eigenvalue weighted by Crippen LogP contribution is -3.11. The van der Waals surface area contributed by atoms with E-state index in [1.807, 2.05) is 36.4 Å². The summed E-state index contributed by atoms with van der Waals surface area (Å²) in [5.41, 5.74) is 2.15. The Morgan fingerprint density at radius 3 is 2.21 bits per heavy atom. The van der Waals surface area contributed by atoms with Gasteiger partial charge in [-0.3, -0.25) is 0 Å². The van der Waals surface area contributed by atoms with Gasteiger partial charge in [0.2, 0.25) is 5.89 Å². The fraction of sp³-hybridized carbons (Fsp3) is 0.333. The summed E-state index contributed by atoms with van der Waals surface area (Å²) in [5.74, 6) is 2.21. The van der Waals surface area contributed by atoms with Crippen LogP contribution in [0.3, 0.4) is 0 Å². The molecule has 146 valence electrons. The number of aromatic nitrogens is 2. The third-order valence-electron chi connectivity index (χ3n) is 5.04. The number of hydrogen-bond acceptors (Lipinski definition) is 5. The molecule has 1 heterocycles. The molecule has 0 amide bonds. The Bertz CT molecular complexity index is 975. The number of hydrogen-bond donors (Lipinski definition) is 1. The summed E-state index contributed by atoms with van der Waals surface area (Å²) in [4.78, 5) is 1.84. The van der Waals surface area contributed by atoms with Crippen LogP contribution in [0.1, 0.15) is 18.4 Å². The van der Waals surface area contributed by atoms with Crippen LogP contribution in [0.15, 0.2) is 52.9 Å². The number of quaternary nitrogens is 1. The molecule has 6 nitrogen and oxygen atoms in total. The normalized spacial score (nSPS) is 14.6. The van der Waals surface area contributed by atoms with Gasteiger partial charge in [0.25, 0.3) is 4.84 Å². The highest BCUT2D eigenvalue weighted by Gasteiger charge is 2.34. The van der Waals surface area contributed by atoms with Crippen molar-refractivity contribution in [3.63, 3.8) is 0 Å². The minimum Gasteiger partial charge on any atom is -0.497 e. The van der Waals surface area contributed by atoms with Crippen molar-refractivity contribution in [2.45, 2.75) is 32.1 Å². The van der Waals surface area contributed by atoms with Gasteiger partial charge in [0.15, 0.2) is 6.67 Å². The van der Waals surface area contributed by atoms with Crippen molar-refractivity contribution in [1.82, 2.24) is 9.78 Å². The molecule has 0 radical (unpaired) electrons. The zero-order chi connectivity index (χ0) is 19.5. The summed E-state index contributed by atoms with van der Waals surface area (Å²) in [6.45, 7) is 1.61. The highest BCUT2D eigenvalue weighted by Crippen LogP contribution is 2.21. The summed E-state index contributed by atoms with van der Waals surface area (Å²) in [6.07, 6.45) is 2.48. The van der Waals surface area contributed by atoms with Crippen LogP contribution < -0.4 is 14.4 Å². The molecule has 1 aliphatic rings. The van der Waals surface area contributed by atoms with Crippen LogP contribution >= 0.6 is 12.2 Å². The fourth-order valence-electron chi connectivity index (χ4n) is 3.28. The predicted octanol–water partition coefficient (Wildman–Crippen LogP) is 3.09. The Balaban J connectivity index is 1.50. The minimum absolute atomic E-state index is 0.402. The molecule has 28 heavy (non-hydrogen) atoms. The topological polar surface area (TPSA) is 53.9 Å². The molecular formula is C21H24N3O3S+. The SMILES string of the molecule is COc1ccc(C[NH+](Cn2nc(-c3ccc(OC)cc3)oc2=S)C2CC2)cc1. The van der Waals surface area contributed by atoms with E-state index in [0.29, 0.717) is 23.4 Å². The molecule has 7 heteroatoms. The van der Waals surface area contributed by atoms with Gasteiger partial charge in [0.05, 0.1) is 20.3 Å². The highest BCUT2D eigenvalue weighted by molar-refractivity contribution is 7.71. The van der Waals surface area contributed by atoms with E-state index in [1.165, 1.54) is 23.3 Å². The molecule has 1 aromatic heterocycles. The Labute approximate surface area is 169 Å². The first-order chi connectivity index (χ1) is 13.7. The van der Waals surface area contributed by atoms with Gasteiger partial charge in [-0.25, -0.2) is 0 Å². The lowest BCUT2D eigenvalue weighted by Gasteiger charge is -2.18. The molecule has 0 bridgehead atoms. The van der Waals surface area contributed by atoms with Crippen molar-refractivity contribution in [2.24, 2.45) is 0 Å². The number of ether oxygens (including phenoxy) is 2. The molecular weight excluding hydrogens is 374 g/mol. The Kier molecular flexibility index (Phi) is 5.45. The van der Waals surface area contributed by atoms with E-state index in [4.69, 9.17) is 26.1 Å². The van der Waals surface area contributed by atoms with Crippen molar-refractivity contribution in [1.29, 1.82) is 0 Å². The summed E-state index contributed by atoms with van der Waals surface area (Å²) >= 11 is 5.42. The largest absolute Gasteiger partial charge is 0.497 e. The van der Waals surface area contributed by atoms with Gasteiger partial charge >= 0.3 is 0 Å². The molecule has 1 N–H and O–H groups in total. The lowest BCUT2D eigenvalue weighted by molar-refractivity contribution is -0.947. The molecule has 2 aromatic carbocycles. The first-order valence-electron chi connectivity index (χ1n) is 9.36. The van der Waals surface area contributed by atoms with Crippen LogP contribution in [0.5, 0.6) is 11.5 Å². The van der Waals surface area contributed by atoms with E-state index in [1.54, 1.807) is 18.9 Å². The van der Waals surface area contributed by atoms with Gasteiger partial charge in [-0.15, -0.1) is 5.10 Å². The van der Waals surface area contributed by atoms with Crippen LogP contribution in [-0.4, -0.2) is 30.0 Å². The van der Waals surface area contributed by atoms with Gasteiger partial charge in [-0.1, -0.05) is 0 Å². The summed E-state index contributed by atoms with van der Waals surface area (Å²) < 4.78 is 18.0. The molecule has 1 atom stereocenters. The second kappa shape index (κ2) is 8.16. The van der Waals surface area contributed by atoms with Gasteiger partial charge < -0.3 is 18.8 Å². The van der Waals surface area contributed by atoms with E-state index >= 15 is 0 Å². The average Bonchev–Trinajstić information content (AvgIpc) is 3.52. The zero-order valence-electron chi connectivity index (χ0n) is 16.1. The van der Waals surface area contributed by atoms with Crippen LogP contribution in [-0.2, 0) is 13.2 Å². The Hall–Kier alpha value is -2.64. The van der Waals surface area contributed by atoms with Crippen molar-refractivity contribution in [2.75, 3.05) is 14.2 Å². The van der Waals surface area contributed by atoms with E-state index in [9.17, 15) is 0 Å². The van der Waals surface area contributed by atoms with Gasteiger partial charge in [0.1, 0.15) is 18.0 Å². The molecule has 1 aliphatic carbocycles. The summed E-state index contributed by atoms with van der Waals surface area (Å²) in [5, 5.41) is 4.62. The molecule has 4 rings (SSSR count). The van der Waals surface area contributed by atoms with Crippen molar-refractivity contribution in [3.05, 3.63) is 58.9 Å². The number of nitrogens with zero attached hydrogens (tertiary/aromatic N) is 2. The Morgan fingerprint density at radius 1 is 1.04 bits per heavy atom. The fourth-order valence-corrected chi connectivity index (χ4v) is 3.46. The summed E-state index contributed by atoms with van der Waals surface area (Å²) in [7, 11) is 3.33. The second-order valence-electron chi connectivity index (χ2n) is 7.02. The lowest BCUT2D eigenvalue weighted by atomic mass is 10.2. The molecule has 0 spiro atoms. The number of methoxy groups -OCH3 is 2. The second-order valence-corrected chi connectivity index (χ2v) is 7.37. The van der Waals surface area contributed by atoms with Crippen molar-refractivity contribution in [3.8, 4) is 23.0 Å². The number of benzene rings is 2. The molecule has 1 saturated carbocycles. The molecule has 1 fully saturated rings. The molecule has 1 unspecified atom stereocenters. The van der Waals surface area contributed by atoms with Gasteiger partial charge in [0, 0.05) is 24.0 Å². The van der Waals surface area contributed by atoms with E-state index in [-0.39, 0.29) is 0 Å². The number of rotatable bonds is 8. The minimum atomic E-state index is 0.402. The van der Waals surface area contributed by atoms with Crippen LogP contribution in [0.4, 0.5) is 0 Å². The third kappa shape index (κ3) is 4.26. The maximum atomic E-state index is 5.75. The van der Waals surface area contributed by atoms with E-state index in [0.717, 1.165) is 23.6 Å². The average molecular weight is 399 g/mol. The van der Waals surface area contributed by atoms with Crippen molar-refractivity contribution >= 4 is 12.2 Å². The molecule has 3 aromatic rings. The first-order valence-corrected chi connectivity index (χ1v) is 9.77. The van der Waals surface area contributed by atoms with E-state index in [2.05, 4.69) is 17.2 Å². The van der Waals surface area contributed by atoms with Gasteiger partial charge in [-0.2, -0.15) is 4.68 Å². The van der Waals surface area contributed by atoms with Crippen LogP contribution in [0.2, 0.25) is 0 Å². The van der Waals surface area contributed by atoms with Crippen LogP contribution in [0.25, 0.3) is 11.5 Å². The zero-order valence-corrected chi connectivity index (χ0v) is 16.9. The predicted molar refractivity (Wildman–Crippen MR) is 108 cm³/mol. The Morgan fingerprint density at radius 2 is 1.64 bits per heavy atom. The number of nitrogens with one attached hydrogen (secondary N) is 1. The molecule has 0 aliphatic heterocycles. The molecule has 0 saturated heterocycles. The maximum Gasteiger partial charge on any atom is 0.292 e. The van der Waals surface area contributed by atoms with E-state index < -0.39 is 0 Å². The highest BCUT2D eigenvalue weighted by atomic mass is 32.1. The first kappa shape index (κ1) is 18.7. The van der Waals surface area contributed by atoms with Gasteiger partial charge in [-0.05, 0) is 60.7 Å². The smallest absolute Gasteiger partial charge is 0.292 e. The van der Waals surface area contributed by atoms with Crippen molar-refractivity contribution < 1.29 is 18.8 Å². The quantitative estimate of drug-likeness (QED) is 0.591. The maximum absolute atomic E-state index is 5.75. The summed E-state index contributed by atoms with van der Waals surface area (Å²) in [6, 6.07) is 16.5. The van der Waals surface area contributed by atoms with Crippen LogP contribution in [0, 0.1) is 4.84 Å².